The Morgan fingerprint density at radius 3 is 1.18 bits per heavy atom. The van der Waals surface area contributed by atoms with Crippen molar-refractivity contribution in [2.45, 2.75) is 30.9 Å². The van der Waals surface area contributed by atoms with Crippen molar-refractivity contribution >= 4 is 43.6 Å². The predicted octanol–water partition coefficient (Wildman–Crippen LogP) is 17.8. The average Bonchev–Trinajstić information content (AvgIpc) is 3.83. The minimum absolute atomic E-state index is 0.00513. The van der Waals surface area contributed by atoms with Crippen LogP contribution in [0.2, 0.25) is 0 Å². The molecule has 0 aliphatic carbocycles. The molecule has 10 rings (SSSR count). The minimum atomic E-state index is -5.17. The van der Waals surface area contributed by atoms with E-state index in [1.54, 1.807) is 53.1 Å². The Balaban J connectivity index is 1.27. The van der Waals surface area contributed by atoms with E-state index >= 15 is 0 Å². The fourth-order valence-electron chi connectivity index (χ4n) is 9.34. The summed E-state index contributed by atoms with van der Waals surface area (Å²) >= 11 is 0. The number of nitrogens with zero attached hydrogens (tertiary/aromatic N) is 3. The SMILES string of the molecule is N#Cc1c(-n2c3ccccc3c3cc(-c4cc(C(F)(F)F)cc(C(F)(F)F)c4)ccc32)ccc(-c2ccccc2C(F)(F)F)c1-n1c2ccccc2c2cc(-c3cc(C(F)(F)F)cc(C(F)(F)F)c3)ccc21. The summed E-state index contributed by atoms with van der Waals surface area (Å²) in [4.78, 5) is 0. The van der Waals surface area contributed by atoms with Crippen molar-refractivity contribution in [3.63, 3.8) is 0 Å². The Kier molecular flexibility index (Phi) is 10.8. The fraction of sp³-hybridized carbons (Fsp3) is 0.0926. The van der Waals surface area contributed by atoms with Crippen LogP contribution < -0.4 is 0 Å². The van der Waals surface area contributed by atoms with Crippen LogP contribution in [0.5, 0.6) is 0 Å². The van der Waals surface area contributed by atoms with Crippen molar-refractivity contribution in [2.24, 2.45) is 0 Å². The molecule has 10 aromatic rings. The van der Waals surface area contributed by atoms with E-state index in [9.17, 15) is 71.1 Å². The van der Waals surface area contributed by atoms with Gasteiger partial charge >= 0.3 is 30.9 Å². The van der Waals surface area contributed by atoms with E-state index < -0.39 is 69.8 Å². The molecule has 0 saturated heterocycles. The average molecular weight is 1000 g/mol. The second kappa shape index (κ2) is 16.4. The Morgan fingerprint density at radius 1 is 0.333 bits per heavy atom. The van der Waals surface area contributed by atoms with Crippen LogP contribution in [-0.4, -0.2) is 9.13 Å². The van der Waals surface area contributed by atoms with Gasteiger partial charge in [-0.2, -0.15) is 71.1 Å². The number of benzene rings is 8. The van der Waals surface area contributed by atoms with Gasteiger partial charge in [-0.3, -0.25) is 0 Å². The van der Waals surface area contributed by atoms with Gasteiger partial charge in [-0.25, -0.2) is 0 Å². The quantitative estimate of drug-likeness (QED) is 0.158. The maximum absolute atomic E-state index is 14.9. The highest BCUT2D eigenvalue weighted by molar-refractivity contribution is 6.13. The Hall–Kier alpha value is -8.20. The molecule has 0 spiro atoms. The largest absolute Gasteiger partial charge is 0.417 e. The number of alkyl halides is 15. The van der Waals surface area contributed by atoms with Gasteiger partial charge in [0.05, 0.1) is 61.3 Å². The summed E-state index contributed by atoms with van der Waals surface area (Å²) in [7, 11) is 0. The van der Waals surface area contributed by atoms with Gasteiger partial charge in [0.15, 0.2) is 0 Å². The van der Waals surface area contributed by atoms with Crippen molar-refractivity contribution < 1.29 is 65.9 Å². The molecule has 0 amide bonds. The molecule has 0 saturated carbocycles. The minimum Gasteiger partial charge on any atom is -0.308 e. The van der Waals surface area contributed by atoms with Gasteiger partial charge in [0, 0.05) is 27.1 Å². The summed E-state index contributed by atoms with van der Waals surface area (Å²) in [6.45, 7) is 0. The lowest BCUT2D eigenvalue weighted by Gasteiger charge is -2.22. The summed E-state index contributed by atoms with van der Waals surface area (Å²) in [6, 6.07) is 32.6. The lowest BCUT2D eigenvalue weighted by Crippen LogP contribution is -2.11. The molecule has 362 valence electrons. The standard InChI is InChI=1S/C54H26F15N3/c55-50(56,57)32-19-30(20-33(25-32)51(58,59)60)28-13-16-46-40(23-28)37-8-2-5-11-44(37)71(46)48-18-15-39(36-7-1-4-10-43(36)54(67,68)69)49(42(48)27-70)72-45-12-6-3-9-38(45)41-24-29(14-17-47(41)72)31-21-34(52(61,62)63)26-35(22-31)53(64,65)66/h1-26H. The van der Waals surface area contributed by atoms with E-state index in [4.69, 9.17) is 0 Å². The molecule has 0 N–H and O–H groups in total. The van der Waals surface area contributed by atoms with Gasteiger partial charge < -0.3 is 9.13 Å². The summed E-state index contributed by atoms with van der Waals surface area (Å²) in [5.74, 6) is 0. The molecule has 0 aliphatic heterocycles. The lowest BCUT2D eigenvalue weighted by molar-refractivity contribution is -0.144. The smallest absolute Gasteiger partial charge is 0.308 e. The summed E-state index contributed by atoms with van der Waals surface area (Å²) in [5.41, 5.74) is -8.02. The maximum atomic E-state index is 14.9. The van der Waals surface area contributed by atoms with E-state index in [-0.39, 0.29) is 73.3 Å². The van der Waals surface area contributed by atoms with E-state index in [2.05, 4.69) is 6.07 Å². The van der Waals surface area contributed by atoms with Crippen molar-refractivity contribution in [1.29, 1.82) is 5.26 Å². The van der Waals surface area contributed by atoms with Crippen LogP contribution in [0, 0.1) is 11.3 Å². The number of aromatic nitrogens is 2. The summed E-state index contributed by atoms with van der Waals surface area (Å²) in [5, 5.41) is 12.7. The monoisotopic (exact) mass is 1000 g/mol. The maximum Gasteiger partial charge on any atom is 0.417 e. The van der Waals surface area contributed by atoms with Gasteiger partial charge in [-0.1, -0.05) is 72.8 Å². The number of rotatable bonds is 5. The number of hydrogen-bond donors (Lipinski definition) is 0. The van der Waals surface area contributed by atoms with Crippen LogP contribution in [0.1, 0.15) is 33.4 Å². The number of nitriles is 1. The van der Waals surface area contributed by atoms with E-state index in [0.29, 0.717) is 45.9 Å². The number of halogens is 15. The molecule has 0 aliphatic rings. The van der Waals surface area contributed by atoms with Gasteiger partial charge in [0.1, 0.15) is 11.6 Å². The molecule has 2 aromatic heterocycles. The second-order valence-electron chi connectivity index (χ2n) is 16.8. The van der Waals surface area contributed by atoms with Crippen LogP contribution in [0.3, 0.4) is 0 Å². The molecule has 8 aromatic carbocycles. The third kappa shape index (κ3) is 8.11. The van der Waals surface area contributed by atoms with Gasteiger partial charge in [-0.05, 0) is 113 Å². The first-order valence-electron chi connectivity index (χ1n) is 21.2. The highest BCUT2D eigenvalue weighted by Crippen LogP contribution is 2.47. The predicted molar refractivity (Wildman–Crippen MR) is 241 cm³/mol. The molecule has 0 atom stereocenters. The third-order valence-electron chi connectivity index (χ3n) is 12.4. The highest BCUT2D eigenvalue weighted by Gasteiger charge is 2.39. The van der Waals surface area contributed by atoms with Crippen molar-refractivity contribution in [1.82, 2.24) is 9.13 Å². The molecule has 0 radical (unpaired) electrons. The van der Waals surface area contributed by atoms with Gasteiger partial charge in [0.25, 0.3) is 0 Å². The lowest BCUT2D eigenvalue weighted by atomic mass is 9.94. The van der Waals surface area contributed by atoms with E-state index in [1.807, 2.05) is 0 Å². The topological polar surface area (TPSA) is 33.6 Å². The Bertz CT molecular complexity index is 3810. The number of hydrogen-bond acceptors (Lipinski definition) is 1. The first kappa shape index (κ1) is 47.5. The molecule has 0 fully saturated rings. The number of fused-ring (bicyclic) bond motifs is 6. The van der Waals surface area contributed by atoms with E-state index in [0.717, 1.165) is 6.07 Å². The normalized spacial score (nSPS) is 12.9. The zero-order valence-electron chi connectivity index (χ0n) is 36.0. The second-order valence-corrected chi connectivity index (χ2v) is 16.8. The third-order valence-corrected chi connectivity index (χ3v) is 12.4. The van der Waals surface area contributed by atoms with Crippen LogP contribution in [0.4, 0.5) is 65.9 Å². The van der Waals surface area contributed by atoms with Crippen molar-refractivity contribution in [2.75, 3.05) is 0 Å². The molecule has 3 nitrogen and oxygen atoms in total. The van der Waals surface area contributed by atoms with Crippen LogP contribution in [-0.2, 0) is 30.9 Å². The fourth-order valence-corrected chi connectivity index (χ4v) is 9.34. The molecule has 2 heterocycles. The van der Waals surface area contributed by atoms with E-state index in [1.165, 1.54) is 71.3 Å². The Labute approximate surface area is 395 Å². The van der Waals surface area contributed by atoms with Crippen molar-refractivity contribution in [3.8, 4) is 50.8 Å². The van der Waals surface area contributed by atoms with Crippen molar-refractivity contribution in [3.05, 3.63) is 191 Å². The molecule has 18 heteroatoms. The van der Waals surface area contributed by atoms with Crippen LogP contribution in [0.15, 0.2) is 158 Å². The summed E-state index contributed by atoms with van der Waals surface area (Å²) in [6.07, 6.45) is -25.6. The Morgan fingerprint density at radius 2 is 0.736 bits per heavy atom. The first-order chi connectivity index (χ1) is 33.8. The van der Waals surface area contributed by atoms with Crippen LogP contribution in [0.25, 0.3) is 88.4 Å². The molecular formula is C54H26F15N3. The van der Waals surface area contributed by atoms with Crippen LogP contribution >= 0.6 is 0 Å². The van der Waals surface area contributed by atoms with Gasteiger partial charge in [-0.15, -0.1) is 0 Å². The zero-order chi connectivity index (χ0) is 51.4. The summed E-state index contributed by atoms with van der Waals surface area (Å²) < 4.78 is 216. The molecule has 0 unspecified atom stereocenters. The zero-order valence-corrected chi connectivity index (χ0v) is 36.0. The molecule has 72 heavy (non-hydrogen) atoms. The highest BCUT2D eigenvalue weighted by atomic mass is 19.4. The number of para-hydroxylation sites is 2. The first-order valence-corrected chi connectivity index (χ1v) is 21.2. The van der Waals surface area contributed by atoms with Gasteiger partial charge in [0.2, 0.25) is 0 Å². The molecular weight excluding hydrogens is 976 g/mol. The molecule has 0 bridgehead atoms.